The molecule has 0 aromatic carbocycles. The zero-order chi connectivity index (χ0) is 11.4. The topological polar surface area (TPSA) is 88.1 Å². The molecule has 2 rings (SSSR count). The maximum absolute atomic E-state index is 11.0. The van der Waals surface area contributed by atoms with Crippen LogP contribution in [0.4, 0.5) is 0 Å². The number of ether oxygens (including phenoxy) is 3. The lowest BCUT2D eigenvalue weighted by molar-refractivity contribution is -0.295. The molecule has 0 bridgehead atoms. The van der Waals surface area contributed by atoms with E-state index in [4.69, 9.17) is 19.3 Å². The van der Waals surface area contributed by atoms with Gasteiger partial charge in [-0.1, -0.05) is 0 Å². The number of fused-ring (bicyclic) bond motifs is 1. The largest absolute Gasteiger partial charge is 0.364 e. The first-order valence-electron chi connectivity index (χ1n) is 4.83. The fraction of sp³-hybridized carbons (Fsp3) is 1.00. The number of hydrogen-bond donors (Lipinski definition) is 2. The third kappa shape index (κ3) is 1.77. The van der Waals surface area contributed by atoms with Gasteiger partial charge in [-0.3, -0.25) is 0 Å². The van der Waals surface area contributed by atoms with Crippen molar-refractivity contribution in [3.05, 3.63) is 0 Å². The Kier molecular flexibility index (Phi) is 2.35. The van der Waals surface area contributed by atoms with Gasteiger partial charge in [0.25, 0.3) is 0 Å². The van der Waals surface area contributed by atoms with E-state index < -0.39 is 36.2 Å². The molecule has 87 valence electrons. The maximum atomic E-state index is 11.0. The average Bonchev–Trinajstić information content (AvgIpc) is 2.46. The zero-order valence-corrected chi connectivity index (χ0v) is 8.84. The Bertz CT molecular complexity index is 261. The molecular formula is C9H15O6. The Morgan fingerprint density at radius 2 is 1.80 bits per heavy atom. The molecule has 2 fully saturated rings. The highest BCUT2D eigenvalue weighted by Crippen LogP contribution is 2.43. The normalized spacial score (nSPS) is 48.6. The highest BCUT2D eigenvalue weighted by atomic mass is 16.8. The van der Waals surface area contributed by atoms with Gasteiger partial charge >= 0.3 is 0 Å². The number of aliphatic hydroxyl groups excluding tert-OH is 1. The van der Waals surface area contributed by atoms with Crippen LogP contribution in [0.3, 0.4) is 0 Å². The van der Waals surface area contributed by atoms with E-state index in [1.54, 1.807) is 13.8 Å². The van der Waals surface area contributed by atoms with Crippen LogP contribution in [0.1, 0.15) is 20.8 Å². The fourth-order valence-corrected chi connectivity index (χ4v) is 2.07. The van der Waals surface area contributed by atoms with Gasteiger partial charge in [-0.15, -0.1) is 0 Å². The minimum absolute atomic E-state index is 0.734. The predicted molar refractivity (Wildman–Crippen MR) is 46.0 cm³/mol. The smallest absolute Gasteiger partial charge is 0.218 e. The summed E-state index contributed by atoms with van der Waals surface area (Å²) in [5.74, 6) is -2.48. The van der Waals surface area contributed by atoms with Crippen LogP contribution in [-0.2, 0) is 19.3 Å². The van der Waals surface area contributed by atoms with Gasteiger partial charge in [0.05, 0.1) is 0 Å². The minimum Gasteiger partial charge on any atom is -0.364 e. The van der Waals surface area contributed by atoms with Crippen molar-refractivity contribution in [3.63, 3.8) is 0 Å². The summed E-state index contributed by atoms with van der Waals surface area (Å²) in [6.45, 7) is 4.74. The highest BCUT2D eigenvalue weighted by molar-refractivity contribution is 5.00. The maximum Gasteiger partial charge on any atom is 0.218 e. The molecule has 0 aromatic heterocycles. The SMILES string of the molecule is CC1(C)O[C@@H]2[C@@H](C([O])O)OC(C)(O)[C@@H]2O1. The Morgan fingerprint density at radius 3 is 2.33 bits per heavy atom. The van der Waals surface area contributed by atoms with E-state index in [0.717, 1.165) is 0 Å². The standard InChI is InChI=1S/C9H15O6/c1-8(2)13-4-5(7(10)11)14-9(3,12)6(4)15-8/h4-7,10,12H,1-3H3/t4-,5+,6-,7?,9?/m1/s1. The predicted octanol–water partition coefficient (Wildman–Crippen LogP) is -0.637. The van der Waals surface area contributed by atoms with Crippen molar-refractivity contribution in [1.29, 1.82) is 0 Å². The Labute approximate surface area is 87.4 Å². The first-order valence-corrected chi connectivity index (χ1v) is 4.83. The molecule has 0 spiro atoms. The van der Waals surface area contributed by atoms with Crippen LogP contribution >= 0.6 is 0 Å². The number of aliphatic hydroxyl groups is 2. The van der Waals surface area contributed by atoms with E-state index in [0.29, 0.717) is 0 Å². The van der Waals surface area contributed by atoms with Crippen molar-refractivity contribution in [2.45, 2.75) is 56.9 Å². The summed E-state index contributed by atoms with van der Waals surface area (Å²) in [6.07, 6.45) is -4.54. The molecule has 1 radical (unpaired) electrons. The summed E-state index contributed by atoms with van der Waals surface area (Å²) >= 11 is 0. The Balaban J connectivity index is 2.24. The Hall–Kier alpha value is -0.240. The van der Waals surface area contributed by atoms with Crippen LogP contribution in [0.15, 0.2) is 0 Å². The third-order valence-electron chi connectivity index (χ3n) is 2.64. The summed E-state index contributed by atoms with van der Waals surface area (Å²) in [7, 11) is 0. The van der Waals surface area contributed by atoms with Crippen molar-refractivity contribution < 1.29 is 29.5 Å². The molecule has 2 saturated heterocycles. The van der Waals surface area contributed by atoms with Crippen LogP contribution in [0, 0.1) is 0 Å². The van der Waals surface area contributed by atoms with Gasteiger partial charge in [-0.05, 0) is 20.8 Å². The van der Waals surface area contributed by atoms with E-state index >= 15 is 0 Å². The van der Waals surface area contributed by atoms with Gasteiger partial charge in [0.15, 0.2) is 11.6 Å². The molecule has 2 aliphatic heterocycles. The molecule has 6 nitrogen and oxygen atoms in total. The second-order valence-corrected chi connectivity index (χ2v) is 4.55. The third-order valence-corrected chi connectivity index (χ3v) is 2.64. The van der Waals surface area contributed by atoms with E-state index in [1.807, 2.05) is 0 Å². The molecule has 0 amide bonds. The Morgan fingerprint density at radius 1 is 1.20 bits per heavy atom. The number of hydrogen-bond acceptors (Lipinski definition) is 5. The second kappa shape index (κ2) is 3.13. The summed E-state index contributed by atoms with van der Waals surface area (Å²) in [6, 6.07) is 0. The van der Waals surface area contributed by atoms with E-state index in [1.165, 1.54) is 6.92 Å². The van der Waals surface area contributed by atoms with Crippen LogP contribution < -0.4 is 0 Å². The molecule has 0 saturated carbocycles. The quantitative estimate of drug-likeness (QED) is 0.573. The van der Waals surface area contributed by atoms with Crippen LogP contribution in [0.5, 0.6) is 0 Å². The lowest BCUT2D eigenvalue weighted by atomic mass is 10.1. The van der Waals surface area contributed by atoms with E-state index in [2.05, 4.69) is 0 Å². The van der Waals surface area contributed by atoms with Crippen molar-refractivity contribution in [3.8, 4) is 0 Å². The van der Waals surface area contributed by atoms with Gasteiger partial charge in [0.2, 0.25) is 6.29 Å². The van der Waals surface area contributed by atoms with Crippen molar-refractivity contribution >= 4 is 0 Å². The summed E-state index contributed by atoms with van der Waals surface area (Å²) in [5.41, 5.74) is 0. The summed E-state index contributed by atoms with van der Waals surface area (Å²) in [4.78, 5) is 0. The molecule has 2 unspecified atom stereocenters. The molecule has 2 aliphatic rings. The van der Waals surface area contributed by atoms with Crippen molar-refractivity contribution in [2.24, 2.45) is 0 Å². The minimum atomic E-state index is -1.95. The zero-order valence-electron chi connectivity index (χ0n) is 8.84. The molecule has 0 aliphatic carbocycles. The first kappa shape index (κ1) is 11.3. The molecule has 6 heteroatoms. The molecule has 5 atom stereocenters. The van der Waals surface area contributed by atoms with Crippen molar-refractivity contribution in [2.75, 3.05) is 0 Å². The summed E-state index contributed by atoms with van der Waals surface area (Å²) in [5, 5.41) is 29.8. The van der Waals surface area contributed by atoms with Gasteiger partial charge < -0.3 is 24.4 Å². The lowest BCUT2D eigenvalue weighted by Crippen LogP contribution is -2.40. The first-order chi connectivity index (χ1) is 6.73. The molecular weight excluding hydrogens is 204 g/mol. The molecule has 15 heavy (non-hydrogen) atoms. The van der Waals surface area contributed by atoms with Gasteiger partial charge in [0, 0.05) is 0 Å². The van der Waals surface area contributed by atoms with Gasteiger partial charge in [0.1, 0.15) is 18.3 Å². The molecule has 0 aromatic rings. The van der Waals surface area contributed by atoms with Crippen LogP contribution in [-0.4, -0.2) is 46.4 Å². The highest BCUT2D eigenvalue weighted by Gasteiger charge is 2.62. The summed E-state index contributed by atoms with van der Waals surface area (Å²) < 4.78 is 15.8. The van der Waals surface area contributed by atoms with Gasteiger partial charge in [-0.25, -0.2) is 0 Å². The monoisotopic (exact) mass is 219 g/mol. The molecule has 2 N–H and O–H groups in total. The fourth-order valence-electron chi connectivity index (χ4n) is 2.07. The lowest BCUT2D eigenvalue weighted by Gasteiger charge is -2.27. The number of rotatable bonds is 1. The van der Waals surface area contributed by atoms with Crippen molar-refractivity contribution in [1.82, 2.24) is 0 Å². The van der Waals surface area contributed by atoms with Crippen LogP contribution in [0.2, 0.25) is 0 Å². The van der Waals surface area contributed by atoms with Crippen LogP contribution in [0.25, 0.3) is 0 Å². The average molecular weight is 219 g/mol. The second-order valence-electron chi connectivity index (χ2n) is 4.55. The van der Waals surface area contributed by atoms with E-state index in [-0.39, 0.29) is 0 Å². The van der Waals surface area contributed by atoms with E-state index in [9.17, 15) is 10.2 Å². The molecule has 2 heterocycles. The van der Waals surface area contributed by atoms with Gasteiger partial charge in [-0.2, -0.15) is 5.11 Å².